The highest BCUT2D eigenvalue weighted by Gasteiger charge is 2.19. The summed E-state index contributed by atoms with van der Waals surface area (Å²) in [6, 6.07) is 9.72. The predicted octanol–water partition coefficient (Wildman–Crippen LogP) is 3.58. The SMILES string of the molecule is CCOc1ccc(-c2ccc(=O)n(C(C)C(=O)Nc3nc(C)c(C)s3)n2)cc1. The van der Waals surface area contributed by atoms with Crippen LogP contribution in [0.25, 0.3) is 11.3 Å². The van der Waals surface area contributed by atoms with Gasteiger partial charge in [0, 0.05) is 16.5 Å². The van der Waals surface area contributed by atoms with Gasteiger partial charge in [-0.05, 0) is 58.0 Å². The van der Waals surface area contributed by atoms with E-state index < -0.39 is 6.04 Å². The number of benzene rings is 1. The van der Waals surface area contributed by atoms with Gasteiger partial charge in [-0.2, -0.15) is 5.10 Å². The van der Waals surface area contributed by atoms with E-state index in [9.17, 15) is 9.59 Å². The summed E-state index contributed by atoms with van der Waals surface area (Å²) in [6.45, 7) is 7.98. The second kappa shape index (κ2) is 8.35. The molecule has 1 unspecified atom stereocenters. The lowest BCUT2D eigenvalue weighted by atomic mass is 10.1. The van der Waals surface area contributed by atoms with Gasteiger partial charge in [0.05, 0.1) is 18.0 Å². The van der Waals surface area contributed by atoms with Crippen molar-refractivity contribution in [2.45, 2.75) is 33.7 Å². The van der Waals surface area contributed by atoms with Crippen LogP contribution in [0.4, 0.5) is 5.13 Å². The van der Waals surface area contributed by atoms with Crippen LogP contribution in [-0.4, -0.2) is 27.3 Å². The van der Waals surface area contributed by atoms with Crippen molar-refractivity contribution < 1.29 is 9.53 Å². The number of aryl methyl sites for hydroxylation is 2. The van der Waals surface area contributed by atoms with Crippen LogP contribution in [0.5, 0.6) is 5.75 Å². The number of nitrogens with zero attached hydrogens (tertiary/aromatic N) is 3. The maximum absolute atomic E-state index is 12.6. The molecule has 1 amide bonds. The van der Waals surface area contributed by atoms with E-state index in [2.05, 4.69) is 15.4 Å². The van der Waals surface area contributed by atoms with E-state index in [1.54, 1.807) is 13.0 Å². The molecule has 1 N–H and O–H groups in total. The van der Waals surface area contributed by atoms with Crippen LogP contribution in [0.1, 0.15) is 30.5 Å². The maximum Gasteiger partial charge on any atom is 0.267 e. The number of ether oxygens (including phenoxy) is 1. The molecule has 0 bridgehead atoms. The first-order valence-electron chi connectivity index (χ1n) is 8.97. The molecule has 0 saturated carbocycles. The molecule has 0 fully saturated rings. The van der Waals surface area contributed by atoms with Gasteiger partial charge in [0.2, 0.25) is 0 Å². The zero-order chi connectivity index (χ0) is 20.3. The Morgan fingerprint density at radius 3 is 2.54 bits per heavy atom. The van der Waals surface area contributed by atoms with E-state index in [0.29, 0.717) is 17.4 Å². The number of carbonyl (C=O) groups is 1. The summed E-state index contributed by atoms with van der Waals surface area (Å²) < 4.78 is 6.63. The Kier molecular flexibility index (Phi) is 5.89. The van der Waals surface area contributed by atoms with Gasteiger partial charge >= 0.3 is 0 Å². The predicted molar refractivity (Wildman–Crippen MR) is 110 cm³/mol. The molecule has 0 aliphatic carbocycles. The molecule has 0 saturated heterocycles. The zero-order valence-corrected chi connectivity index (χ0v) is 17.0. The first kappa shape index (κ1) is 19.8. The number of carbonyl (C=O) groups excluding carboxylic acids is 1. The average Bonchev–Trinajstić information content (AvgIpc) is 2.99. The van der Waals surface area contributed by atoms with Crippen LogP contribution in [0.2, 0.25) is 0 Å². The lowest BCUT2D eigenvalue weighted by molar-refractivity contribution is -0.119. The van der Waals surface area contributed by atoms with Gasteiger partial charge in [0.1, 0.15) is 11.8 Å². The van der Waals surface area contributed by atoms with Crippen LogP contribution in [-0.2, 0) is 4.79 Å². The summed E-state index contributed by atoms with van der Waals surface area (Å²) in [7, 11) is 0. The Morgan fingerprint density at radius 1 is 1.21 bits per heavy atom. The summed E-state index contributed by atoms with van der Waals surface area (Å²) in [6.07, 6.45) is 0. The van der Waals surface area contributed by atoms with Crippen molar-refractivity contribution in [3.05, 3.63) is 57.3 Å². The Hall–Kier alpha value is -3.00. The number of rotatable bonds is 6. The van der Waals surface area contributed by atoms with E-state index in [1.807, 2.05) is 45.0 Å². The molecular formula is C20H22N4O3S. The van der Waals surface area contributed by atoms with E-state index in [1.165, 1.54) is 22.1 Å². The second-order valence-electron chi connectivity index (χ2n) is 6.28. The smallest absolute Gasteiger partial charge is 0.267 e. The van der Waals surface area contributed by atoms with Crippen LogP contribution < -0.4 is 15.6 Å². The number of hydrogen-bond acceptors (Lipinski definition) is 6. The van der Waals surface area contributed by atoms with Gasteiger partial charge in [0.15, 0.2) is 5.13 Å². The number of thiazole rings is 1. The van der Waals surface area contributed by atoms with Gasteiger partial charge in [-0.1, -0.05) is 0 Å². The summed E-state index contributed by atoms with van der Waals surface area (Å²) >= 11 is 1.40. The molecule has 3 aromatic rings. The van der Waals surface area contributed by atoms with Crippen molar-refractivity contribution >= 4 is 22.4 Å². The zero-order valence-electron chi connectivity index (χ0n) is 16.2. The van der Waals surface area contributed by atoms with E-state index in [-0.39, 0.29) is 11.5 Å². The minimum Gasteiger partial charge on any atom is -0.494 e. The van der Waals surface area contributed by atoms with Gasteiger partial charge in [0.25, 0.3) is 11.5 Å². The Morgan fingerprint density at radius 2 is 1.93 bits per heavy atom. The molecule has 7 nitrogen and oxygen atoms in total. The fourth-order valence-corrected chi connectivity index (χ4v) is 3.41. The lowest BCUT2D eigenvalue weighted by Crippen LogP contribution is -2.33. The summed E-state index contributed by atoms with van der Waals surface area (Å²) in [5, 5.41) is 7.67. The monoisotopic (exact) mass is 398 g/mol. The highest BCUT2D eigenvalue weighted by atomic mass is 32.1. The fraction of sp³-hybridized carbons (Fsp3) is 0.300. The van der Waals surface area contributed by atoms with Gasteiger partial charge in [-0.3, -0.25) is 9.59 Å². The quantitative estimate of drug-likeness (QED) is 0.686. The highest BCUT2D eigenvalue weighted by molar-refractivity contribution is 7.15. The van der Waals surface area contributed by atoms with Crippen LogP contribution in [0.3, 0.4) is 0 Å². The van der Waals surface area contributed by atoms with Crippen molar-refractivity contribution in [1.29, 1.82) is 0 Å². The van der Waals surface area contributed by atoms with E-state index in [0.717, 1.165) is 21.9 Å². The molecule has 8 heteroatoms. The molecule has 146 valence electrons. The normalized spacial score (nSPS) is 11.9. The molecule has 0 spiro atoms. The minimum absolute atomic E-state index is 0.341. The maximum atomic E-state index is 12.6. The molecule has 3 rings (SSSR count). The number of hydrogen-bond donors (Lipinski definition) is 1. The molecule has 1 atom stereocenters. The molecule has 2 heterocycles. The Balaban J connectivity index is 1.83. The van der Waals surface area contributed by atoms with Crippen LogP contribution >= 0.6 is 11.3 Å². The van der Waals surface area contributed by atoms with Gasteiger partial charge in [-0.25, -0.2) is 9.67 Å². The summed E-state index contributed by atoms with van der Waals surface area (Å²) in [5.74, 6) is 0.425. The molecule has 28 heavy (non-hydrogen) atoms. The third kappa shape index (κ3) is 4.28. The first-order chi connectivity index (χ1) is 13.4. The van der Waals surface area contributed by atoms with Crippen molar-refractivity contribution in [1.82, 2.24) is 14.8 Å². The number of amides is 1. The third-order valence-electron chi connectivity index (χ3n) is 4.29. The Bertz CT molecular complexity index is 1020. The van der Waals surface area contributed by atoms with Crippen LogP contribution in [0, 0.1) is 13.8 Å². The second-order valence-corrected chi connectivity index (χ2v) is 7.49. The van der Waals surface area contributed by atoms with Crippen molar-refractivity contribution in [2.75, 3.05) is 11.9 Å². The minimum atomic E-state index is -0.778. The molecule has 0 aliphatic rings. The number of nitrogens with one attached hydrogen (secondary N) is 1. The molecule has 2 aromatic heterocycles. The molecule has 1 aromatic carbocycles. The van der Waals surface area contributed by atoms with Crippen molar-refractivity contribution in [3.8, 4) is 17.0 Å². The van der Waals surface area contributed by atoms with E-state index in [4.69, 9.17) is 4.74 Å². The van der Waals surface area contributed by atoms with Crippen molar-refractivity contribution in [2.24, 2.45) is 0 Å². The topological polar surface area (TPSA) is 86.1 Å². The average molecular weight is 398 g/mol. The molecule has 0 aliphatic heterocycles. The Labute approximate surface area is 167 Å². The molecule has 0 radical (unpaired) electrons. The van der Waals surface area contributed by atoms with E-state index >= 15 is 0 Å². The number of aromatic nitrogens is 3. The standard InChI is InChI=1S/C20H22N4O3S/c1-5-27-16-8-6-15(7-9-16)17-10-11-18(25)24(23-17)13(3)19(26)22-20-21-12(2)14(4)28-20/h6-11,13H,5H2,1-4H3,(H,21,22,26). The largest absolute Gasteiger partial charge is 0.494 e. The number of anilines is 1. The van der Waals surface area contributed by atoms with Gasteiger partial charge < -0.3 is 10.1 Å². The highest BCUT2D eigenvalue weighted by Crippen LogP contribution is 2.23. The van der Waals surface area contributed by atoms with Crippen LogP contribution in [0.15, 0.2) is 41.2 Å². The third-order valence-corrected chi connectivity index (χ3v) is 5.28. The molecular weight excluding hydrogens is 376 g/mol. The summed E-state index contributed by atoms with van der Waals surface area (Å²) in [5.41, 5.74) is 1.96. The fourth-order valence-electron chi connectivity index (χ4n) is 2.59. The summed E-state index contributed by atoms with van der Waals surface area (Å²) in [4.78, 5) is 30.2. The first-order valence-corrected chi connectivity index (χ1v) is 9.78. The van der Waals surface area contributed by atoms with Crippen molar-refractivity contribution in [3.63, 3.8) is 0 Å². The van der Waals surface area contributed by atoms with Gasteiger partial charge in [-0.15, -0.1) is 11.3 Å². The lowest BCUT2D eigenvalue weighted by Gasteiger charge is -2.14.